The molecule has 0 aliphatic carbocycles. The van der Waals surface area contributed by atoms with E-state index in [1.165, 1.54) is 4.90 Å². The number of piperidine rings is 1. The van der Waals surface area contributed by atoms with Crippen molar-refractivity contribution in [1.82, 2.24) is 15.1 Å². The van der Waals surface area contributed by atoms with Crippen molar-refractivity contribution in [3.63, 3.8) is 0 Å². The fourth-order valence-electron chi connectivity index (χ4n) is 3.10. The summed E-state index contributed by atoms with van der Waals surface area (Å²) in [7, 11) is 1.92. The van der Waals surface area contributed by atoms with E-state index in [9.17, 15) is 14.4 Å². The average Bonchev–Trinajstić information content (AvgIpc) is 2.93. The molecule has 2 aliphatic rings. The van der Waals surface area contributed by atoms with Gasteiger partial charge in [-0.15, -0.1) is 12.4 Å². The van der Waals surface area contributed by atoms with E-state index in [2.05, 4.69) is 5.32 Å². The first kappa shape index (κ1) is 19.8. The van der Waals surface area contributed by atoms with Crippen molar-refractivity contribution in [2.45, 2.75) is 25.4 Å². The predicted molar refractivity (Wildman–Crippen MR) is 100 cm³/mol. The molecule has 0 radical (unpaired) electrons. The van der Waals surface area contributed by atoms with E-state index < -0.39 is 0 Å². The Morgan fingerprint density at radius 1 is 1.36 bits per heavy atom. The van der Waals surface area contributed by atoms with Gasteiger partial charge < -0.3 is 10.2 Å². The van der Waals surface area contributed by atoms with E-state index in [0.29, 0.717) is 18.2 Å². The van der Waals surface area contributed by atoms with Gasteiger partial charge in [-0.25, -0.2) is 0 Å². The summed E-state index contributed by atoms with van der Waals surface area (Å²) >= 11 is 1.02. The van der Waals surface area contributed by atoms with Gasteiger partial charge in [0.05, 0.1) is 12.3 Å². The second kappa shape index (κ2) is 8.69. The summed E-state index contributed by atoms with van der Waals surface area (Å²) in [6.45, 7) is 1.70. The van der Waals surface area contributed by atoms with Gasteiger partial charge in [0.15, 0.2) is 0 Å². The minimum absolute atomic E-state index is 0. The SMILES string of the molecule is CNC1CCCN(C(=O)c2cccc(CN3C(=O)CSC3=O)c2)C1.Cl. The third-order valence-electron chi connectivity index (χ3n) is 4.47. The molecule has 6 nitrogen and oxygen atoms in total. The van der Waals surface area contributed by atoms with Crippen LogP contribution in [0, 0.1) is 0 Å². The number of hydrogen-bond acceptors (Lipinski definition) is 5. The van der Waals surface area contributed by atoms with Gasteiger partial charge >= 0.3 is 0 Å². The fourth-order valence-corrected chi connectivity index (χ4v) is 3.82. The number of benzene rings is 1. The van der Waals surface area contributed by atoms with E-state index in [1.54, 1.807) is 18.2 Å². The highest BCUT2D eigenvalue weighted by Gasteiger charge is 2.30. The van der Waals surface area contributed by atoms with Gasteiger partial charge in [0.25, 0.3) is 11.1 Å². The normalized spacial score (nSPS) is 20.6. The Bertz CT molecular complexity index is 654. The van der Waals surface area contributed by atoms with Crippen LogP contribution < -0.4 is 5.32 Å². The first-order chi connectivity index (χ1) is 11.6. The van der Waals surface area contributed by atoms with Crippen LogP contribution in [-0.2, 0) is 11.3 Å². The Labute approximate surface area is 157 Å². The number of rotatable bonds is 4. The van der Waals surface area contributed by atoms with E-state index in [0.717, 1.165) is 36.7 Å². The second-order valence-corrected chi connectivity index (χ2v) is 7.04. The van der Waals surface area contributed by atoms with Crippen molar-refractivity contribution in [1.29, 1.82) is 0 Å². The molecule has 1 unspecified atom stereocenters. The number of likely N-dealkylation sites (N-methyl/N-ethyl adjacent to an activating group) is 1. The fraction of sp³-hybridized carbons (Fsp3) is 0.471. The number of imide groups is 1. The van der Waals surface area contributed by atoms with Gasteiger partial charge in [0.2, 0.25) is 5.91 Å². The number of thioether (sulfide) groups is 1. The van der Waals surface area contributed by atoms with Gasteiger partial charge in [-0.05, 0) is 37.6 Å². The molecule has 0 aromatic heterocycles. The van der Waals surface area contributed by atoms with Gasteiger partial charge in [0.1, 0.15) is 0 Å². The molecule has 2 saturated heterocycles. The minimum atomic E-state index is -0.218. The second-order valence-electron chi connectivity index (χ2n) is 6.11. The highest BCUT2D eigenvalue weighted by Crippen LogP contribution is 2.22. The topological polar surface area (TPSA) is 69.7 Å². The Kier molecular flexibility index (Phi) is 6.87. The monoisotopic (exact) mass is 383 g/mol. The zero-order valence-corrected chi connectivity index (χ0v) is 15.7. The van der Waals surface area contributed by atoms with Crippen molar-refractivity contribution < 1.29 is 14.4 Å². The minimum Gasteiger partial charge on any atom is -0.337 e. The molecule has 1 aromatic rings. The molecular formula is C17H22ClN3O3S. The van der Waals surface area contributed by atoms with Crippen molar-refractivity contribution in [2.75, 3.05) is 25.9 Å². The maximum absolute atomic E-state index is 12.7. The number of carbonyl (C=O) groups is 3. The van der Waals surface area contributed by atoms with Crippen LogP contribution >= 0.6 is 24.2 Å². The summed E-state index contributed by atoms with van der Waals surface area (Å²) in [5.74, 6) is 0.0382. The predicted octanol–water partition coefficient (Wildman–Crippen LogP) is 2.13. The molecule has 2 aliphatic heterocycles. The molecule has 0 bridgehead atoms. The van der Waals surface area contributed by atoms with Crippen LogP contribution in [0.4, 0.5) is 4.79 Å². The van der Waals surface area contributed by atoms with Crippen molar-refractivity contribution >= 4 is 41.2 Å². The molecule has 0 spiro atoms. The van der Waals surface area contributed by atoms with Crippen LogP contribution in [0.2, 0.25) is 0 Å². The zero-order valence-electron chi connectivity index (χ0n) is 14.1. The molecule has 1 aromatic carbocycles. The number of likely N-dealkylation sites (tertiary alicyclic amines) is 1. The maximum Gasteiger partial charge on any atom is 0.289 e. The molecule has 2 fully saturated rings. The summed E-state index contributed by atoms with van der Waals surface area (Å²) in [5, 5.41) is 3.01. The largest absolute Gasteiger partial charge is 0.337 e. The summed E-state index contributed by atoms with van der Waals surface area (Å²) in [4.78, 5) is 39.3. The number of nitrogens with zero attached hydrogens (tertiary/aromatic N) is 2. The summed E-state index contributed by atoms with van der Waals surface area (Å²) in [5.41, 5.74) is 1.41. The zero-order chi connectivity index (χ0) is 17.1. The lowest BCUT2D eigenvalue weighted by molar-refractivity contribution is -0.125. The van der Waals surface area contributed by atoms with Gasteiger partial charge in [-0.1, -0.05) is 23.9 Å². The lowest BCUT2D eigenvalue weighted by Gasteiger charge is -2.32. The molecule has 25 heavy (non-hydrogen) atoms. The van der Waals surface area contributed by atoms with Crippen LogP contribution in [0.25, 0.3) is 0 Å². The molecular weight excluding hydrogens is 362 g/mol. The molecule has 2 heterocycles. The molecule has 1 atom stereocenters. The molecule has 136 valence electrons. The molecule has 8 heteroatoms. The van der Waals surface area contributed by atoms with Crippen LogP contribution in [0.15, 0.2) is 24.3 Å². The van der Waals surface area contributed by atoms with Crippen LogP contribution in [0.1, 0.15) is 28.8 Å². The summed E-state index contributed by atoms with van der Waals surface area (Å²) in [6.07, 6.45) is 2.07. The first-order valence-electron chi connectivity index (χ1n) is 8.11. The van der Waals surface area contributed by atoms with Crippen LogP contribution in [-0.4, -0.2) is 58.8 Å². The number of halogens is 1. The highest BCUT2D eigenvalue weighted by atomic mass is 35.5. The Morgan fingerprint density at radius 2 is 2.16 bits per heavy atom. The smallest absolute Gasteiger partial charge is 0.289 e. The lowest BCUT2D eigenvalue weighted by Crippen LogP contribution is -2.47. The van der Waals surface area contributed by atoms with Gasteiger partial charge in [-0.2, -0.15) is 0 Å². The molecule has 0 saturated carbocycles. The van der Waals surface area contributed by atoms with Gasteiger partial charge in [0, 0.05) is 24.7 Å². The number of nitrogens with one attached hydrogen (secondary N) is 1. The third kappa shape index (κ3) is 4.54. The van der Waals surface area contributed by atoms with Crippen molar-refractivity contribution in [2.24, 2.45) is 0 Å². The number of carbonyl (C=O) groups excluding carboxylic acids is 3. The summed E-state index contributed by atoms with van der Waals surface area (Å²) in [6, 6.07) is 7.56. The molecule has 3 amide bonds. The average molecular weight is 384 g/mol. The lowest BCUT2D eigenvalue weighted by atomic mass is 10.0. The highest BCUT2D eigenvalue weighted by molar-refractivity contribution is 8.14. The van der Waals surface area contributed by atoms with E-state index >= 15 is 0 Å². The van der Waals surface area contributed by atoms with Crippen LogP contribution in [0.3, 0.4) is 0 Å². The Balaban J connectivity index is 0.00000225. The number of amides is 3. The number of hydrogen-bond donors (Lipinski definition) is 1. The standard InChI is InChI=1S/C17H21N3O3S.ClH/c1-18-14-6-3-7-19(10-14)16(22)13-5-2-4-12(8-13)9-20-15(21)11-24-17(20)23;/h2,4-5,8,14,18H,3,6-7,9-11H2,1H3;1H. The maximum atomic E-state index is 12.7. The quantitative estimate of drug-likeness (QED) is 0.862. The molecule has 1 N–H and O–H groups in total. The van der Waals surface area contributed by atoms with Crippen molar-refractivity contribution in [3.05, 3.63) is 35.4 Å². The van der Waals surface area contributed by atoms with E-state index in [-0.39, 0.29) is 41.8 Å². The first-order valence-corrected chi connectivity index (χ1v) is 9.09. The van der Waals surface area contributed by atoms with Crippen molar-refractivity contribution in [3.8, 4) is 0 Å². The Morgan fingerprint density at radius 3 is 2.84 bits per heavy atom. The van der Waals surface area contributed by atoms with Crippen LogP contribution in [0.5, 0.6) is 0 Å². The molecule has 3 rings (SSSR count). The van der Waals surface area contributed by atoms with E-state index in [1.807, 2.05) is 18.0 Å². The van der Waals surface area contributed by atoms with Gasteiger partial charge in [-0.3, -0.25) is 19.3 Å². The Hall–Kier alpha value is -1.57. The van der Waals surface area contributed by atoms with E-state index in [4.69, 9.17) is 0 Å². The summed E-state index contributed by atoms with van der Waals surface area (Å²) < 4.78 is 0. The third-order valence-corrected chi connectivity index (χ3v) is 5.33.